The van der Waals surface area contributed by atoms with Crippen LogP contribution in [0.4, 0.5) is 5.69 Å². The largest absolute Gasteiger partial charge is 0.491 e. The second kappa shape index (κ2) is 26.5. The summed E-state index contributed by atoms with van der Waals surface area (Å²) in [5.41, 5.74) is 5.05. The number of methoxy groups -OCH3 is 1. The topological polar surface area (TPSA) is 107 Å². The number of anilines is 1. The molecule has 352 valence electrons. The first kappa shape index (κ1) is 51.4. The molecule has 2 amide bonds. The number of hydrogen-bond donors (Lipinski definition) is 3. The Bertz CT molecular complexity index is 1900. The van der Waals surface area contributed by atoms with Crippen molar-refractivity contribution in [3.63, 3.8) is 0 Å². The van der Waals surface area contributed by atoms with Crippen LogP contribution in [0.25, 0.3) is 0 Å². The van der Waals surface area contributed by atoms with Gasteiger partial charge in [0.1, 0.15) is 11.4 Å². The fraction of sp³-hybridized carbons (Fsp3) is 0.577. The maximum atomic E-state index is 12.7. The maximum absolute atomic E-state index is 12.7. The van der Waals surface area contributed by atoms with Gasteiger partial charge in [-0.3, -0.25) is 19.7 Å². The van der Waals surface area contributed by atoms with Gasteiger partial charge < -0.3 is 24.6 Å². The minimum Gasteiger partial charge on any atom is -0.491 e. The first-order valence-electron chi connectivity index (χ1n) is 23.8. The van der Waals surface area contributed by atoms with Crippen LogP contribution in [0.5, 0.6) is 5.75 Å². The second-order valence-electron chi connectivity index (χ2n) is 18.3. The number of aryl methyl sites for hydroxylation is 1. The lowest BCUT2D eigenvalue weighted by Crippen LogP contribution is -2.57. The number of allylic oxidation sites excluding steroid dienone is 1. The molecule has 5 atom stereocenters. The summed E-state index contributed by atoms with van der Waals surface area (Å²) in [4.78, 5) is 32.5. The van der Waals surface area contributed by atoms with Crippen LogP contribution in [0.15, 0.2) is 83.8 Å². The van der Waals surface area contributed by atoms with E-state index in [2.05, 4.69) is 104 Å². The molecule has 1 aliphatic carbocycles. The number of nitrogens with zero attached hydrogens (tertiary/aromatic N) is 3. The Kier molecular flexibility index (Phi) is 21.3. The Morgan fingerprint density at radius 2 is 1.83 bits per heavy atom. The van der Waals surface area contributed by atoms with Crippen LogP contribution in [0, 0.1) is 23.7 Å². The predicted molar refractivity (Wildman–Crippen MR) is 264 cm³/mol. The van der Waals surface area contributed by atoms with Gasteiger partial charge in [0.15, 0.2) is 0 Å². The molecule has 12 heteroatoms. The zero-order chi connectivity index (χ0) is 45.9. The molecule has 3 aromatic rings. The molecule has 1 saturated carbocycles. The highest BCUT2D eigenvalue weighted by atomic mass is 35.5. The number of amides is 2. The summed E-state index contributed by atoms with van der Waals surface area (Å²) in [6.45, 7) is 19.0. The molecular formula is C52H76ClN5O5S. The van der Waals surface area contributed by atoms with Crippen LogP contribution in [0.1, 0.15) is 101 Å². The van der Waals surface area contributed by atoms with Gasteiger partial charge in [0.05, 0.1) is 12.3 Å². The maximum Gasteiger partial charge on any atom is 0.274 e. The van der Waals surface area contributed by atoms with E-state index < -0.39 is 11.5 Å². The Balaban J connectivity index is 0.000000678. The monoisotopic (exact) mass is 918 g/mol. The highest BCUT2D eigenvalue weighted by Crippen LogP contribution is 2.47. The lowest BCUT2D eigenvalue weighted by Gasteiger charge is -2.51. The van der Waals surface area contributed by atoms with E-state index in [0.29, 0.717) is 36.5 Å². The SMILES string of the molecule is CCCSc1ccccc1.CCCc1cc(Cl)ccc1C1COc2ccc(C(=O)NO)cc2N(CC2CCC2C(/C=C/CC(C)C(C)C)(CN2CCCN(C=O)CCNCC2)OC)C1. The zero-order valence-corrected chi connectivity index (χ0v) is 41.0. The number of ether oxygens (including phenoxy) is 2. The molecule has 5 unspecified atom stereocenters. The standard InChI is InChI=1S/C43H64ClN5O5.C9H12S/c1-6-9-33-24-37(44)13-14-38(33)36-27-49(40-25-34(42(51)46-52)12-16-41(40)54-28-36)26-35-11-15-39(35)43(53-5,17-7-10-32(4)31(2)3)29-47-20-8-21-48(30-50)23-19-45-18-22-47;1-2-8-10-9-6-4-3-5-7-9/h7,12-14,16-17,24-25,30-32,35-36,39,45,52H,6,8-11,15,18-23,26-29H2,1-5H3,(H,46,51);3-7H,2,8H2,1H3/b17-7+;. The number of thioether (sulfide) groups is 1. The van der Waals surface area contributed by atoms with Crippen LogP contribution in [0.3, 0.4) is 0 Å². The third-order valence-electron chi connectivity index (χ3n) is 13.5. The van der Waals surface area contributed by atoms with Crippen molar-refractivity contribution in [3.8, 4) is 5.75 Å². The summed E-state index contributed by atoms with van der Waals surface area (Å²) in [5.74, 6) is 3.24. The zero-order valence-electron chi connectivity index (χ0n) is 39.4. The minimum absolute atomic E-state index is 0.0851. The van der Waals surface area contributed by atoms with Crippen LogP contribution < -0.4 is 20.4 Å². The molecule has 10 nitrogen and oxygen atoms in total. The van der Waals surface area contributed by atoms with E-state index in [4.69, 9.17) is 21.1 Å². The van der Waals surface area contributed by atoms with E-state index in [9.17, 15) is 14.8 Å². The molecule has 0 radical (unpaired) electrons. The van der Waals surface area contributed by atoms with Crippen molar-refractivity contribution in [2.45, 2.75) is 96.0 Å². The summed E-state index contributed by atoms with van der Waals surface area (Å²) in [5, 5.41) is 13.8. The fourth-order valence-electron chi connectivity index (χ4n) is 9.22. The van der Waals surface area contributed by atoms with Crippen LogP contribution in [-0.4, -0.2) is 111 Å². The Labute approximate surface area is 393 Å². The molecule has 1 saturated heterocycles. The highest BCUT2D eigenvalue weighted by molar-refractivity contribution is 7.99. The smallest absolute Gasteiger partial charge is 0.274 e. The molecule has 3 aliphatic rings. The van der Waals surface area contributed by atoms with Crippen molar-refractivity contribution < 1.29 is 24.3 Å². The van der Waals surface area contributed by atoms with Gasteiger partial charge in [-0.1, -0.05) is 89.1 Å². The molecule has 0 aromatic heterocycles. The van der Waals surface area contributed by atoms with Crippen molar-refractivity contribution in [1.82, 2.24) is 20.6 Å². The van der Waals surface area contributed by atoms with Crippen molar-refractivity contribution >= 4 is 41.4 Å². The highest BCUT2D eigenvalue weighted by Gasteiger charge is 2.48. The number of fused-ring (bicyclic) bond motifs is 1. The normalized spacial score (nSPS) is 21.0. The second-order valence-corrected chi connectivity index (χ2v) is 19.9. The van der Waals surface area contributed by atoms with Gasteiger partial charge in [-0.2, -0.15) is 0 Å². The first-order chi connectivity index (χ1) is 31.0. The molecule has 2 heterocycles. The van der Waals surface area contributed by atoms with E-state index >= 15 is 0 Å². The molecule has 3 N–H and O–H groups in total. The van der Waals surface area contributed by atoms with E-state index in [0.717, 1.165) is 114 Å². The summed E-state index contributed by atoms with van der Waals surface area (Å²) >= 11 is 8.42. The van der Waals surface area contributed by atoms with Crippen molar-refractivity contribution in [2.75, 3.05) is 83.3 Å². The van der Waals surface area contributed by atoms with E-state index in [1.807, 2.05) is 47.5 Å². The lowest BCUT2D eigenvalue weighted by atomic mass is 9.63. The molecule has 6 rings (SSSR count). The van der Waals surface area contributed by atoms with Gasteiger partial charge in [-0.05, 0) is 122 Å². The number of hydroxylamine groups is 1. The summed E-state index contributed by atoms with van der Waals surface area (Å²) < 4.78 is 13.3. The van der Waals surface area contributed by atoms with Crippen molar-refractivity contribution in [3.05, 3.63) is 101 Å². The molecule has 0 spiro atoms. The van der Waals surface area contributed by atoms with Crippen LogP contribution >= 0.6 is 23.4 Å². The van der Waals surface area contributed by atoms with Crippen LogP contribution in [0.2, 0.25) is 5.02 Å². The van der Waals surface area contributed by atoms with Gasteiger partial charge in [-0.25, -0.2) is 5.48 Å². The summed E-state index contributed by atoms with van der Waals surface area (Å²) in [6, 6.07) is 22.2. The Morgan fingerprint density at radius 3 is 2.52 bits per heavy atom. The first-order valence-corrected chi connectivity index (χ1v) is 25.2. The minimum atomic E-state index is -0.548. The molecule has 0 bridgehead atoms. The van der Waals surface area contributed by atoms with Gasteiger partial charge in [-0.15, -0.1) is 11.8 Å². The number of rotatable bonds is 18. The van der Waals surface area contributed by atoms with Crippen molar-refractivity contribution in [1.29, 1.82) is 0 Å². The van der Waals surface area contributed by atoms with E-state index in [1.54, 1.807) is 6.07 Å². The molecular weight excluding hydrogens is 842 g/mol. The Morgan fingerprint density at radius 1 is 1.03 bits per heavy atom. The molecule has 2 aliphatic heterocycles. The number of hydrogen-bond acceptors (Lipinski definition) is 9. The number of carbonyl (C=O) groups excluding carboxylic acids is 2. The summed E-state index contributed by atoms with van der Waals surface area (Å²) in [6.07, 6.45) is 12.9. The van der Waals surface area contributed by atoms with Gasteiger partial charge >= 0.3 is 0 Å². The average molecular weight is 919 g/mol. The van der Waals surface area contributed by atoms with Crippen molar-refractivity contribution in [2.24, 2.45) is 23.7 Å². The lowest BCUT2D eigenvalue weighted by molar-refractivity contribution is -0.118. The quantitative estimate of drug-likeness (QED) is 0.0378. The number of nitrogens with one attached hydrogen (secondary N) is 2. The predicted octanol–water partition coefficient (Wildman–Crippen LogP) is 9.99. The molecule has 2 fully saturated rings. The van der Waals surface area contributed by atoms with Gasteiger partial charge in [0, 0.05) is 87.4 Å². The Hall–Kier alpha value is -3.58. The van der Waals surface area contributed by atoms with Gasteiger partial charge in [0.25, 0.3) is 5.91 Å². The fourth-order valence-corrected chi connectivity index (χ4v) is 10.2. The van der Waals surface area contributed by atoms with Gasteiger partial charge in [0.2, 0.25) is 6.41 Å². The van der Waals surface area contributed by atoms with E-state index in [-0.39, 0.29) is 11.8 Å². The number of halogens is 1. The van der Waals surface area contributed by atoms with E-state index in [1.165, 1.54) is 28.2 Å². The van der Waals surface area contributed by atoms with Crippen LogP contribution in [-0.2, 0) is 16.0 Å². The average Bonchev–Trinajstić information content (AvgIpc) is 3.48. The third-order valence-corrected chi connectivity index (χ3v) is 14.9. The molecule has 64 heavy (non-hydrogen) atoms. The number of benzene rings is 3. The third kappa shape index (κ3) is 14.7. The number of carbonyl (C=O) groups is 2. The summed E-state index contributed by atoms with van der Waals surface area (Å²) in [7, 11) is 1.87. The molecule has 3 aromatic carbocycles.